The lowest BCUT2D eigenvalue weighted by atomic mass is 9.72. The van der Waals surface area contributed by atoms with Crippen LogP contribution >= 0.6 is 0 Å². The molecule has 0 saturated carbocycles. The first-order valence-corrected chi connectivity index (χ1v) is 6.05. The van der Waals surface area contributed by atoms with E-state index in [2.05, 4.69) is 48.1 Å². The van der Waals surface area contributed by atoms with Crippen molar-refractivity contribution in [3.63, 3.8) is 0 Å². The molecule has 2 nitrogen and oxygen atoms in total. The fraction of sp³-hybridized carbons (Fsp3) is 0.786. The lowest BCUT2D eigenvalue weighted by Gasteiger charge is -2.44. The zero-order valence-electron chi connectivity index (χ0n) is 11.8. The predicted octanol–water partition coefficient (Wildman–Crippen LogP) is 3.81. The molecule has 0 atom stereocenters. The van der Waals surface area contributed by atoms with Crippen molar-refractivity contribution in [1.82, 2.24) is 0 Å². The van der Waals surface area contributed by atoms with Gasteiger partial charge in [0.15, 0.2) is 0 Å². The number of carbonyl (C=O) groups excluding carboxylic acids is 1. The normalized spacial score (nSPS) is 12.4. The second-order valence-electron chi connectivity index (χ2n) is 5.49. The second-order valence-corrected chi connectivity index (χ2v) is 5.49. The quantitative estimate of drug-likeness (QED) is 0.526. The van der Waals surface area contributed by atoms with Crippen LogP contribution in [0.1, 0.15) is 48.5 Å². The molecule has 0 bridgehead atoms. The summed E-state index contributed by atoms with van der Waals surface area (Å²) in [5.74, 6) is 0.582. The third-order valence-electron chi connectivity index (χ3n) is 3.33. The van der Waals surface area contributed by atoms with E-state index in [0.717, 1.165) is 0 Å². The highest BCUT2D eigenvalue weighted by atomic mass is 16.6. The van der Waals surface area contributed by atoms with Gasteiger partial charge < -0.3 is 4.74 Å². The lowest BCUT2D eigenvalue weighted by molar-refractivity contribution is -0.176. The van der Waals surface area contributed by atoms with Crippen LogP contribution in [0.15, 0.2) is 12.2 Å². The van der Waals surface area contributed by atoms with Crippen LogP contribution in [0, 0.1) is 17.8 Å². The number of hydrogen-bond acceptors (Lipinski definition) is 2. The molecule has 0 heterocycles. The van der Waals surface area contributed by atoms with E-state index in [4.69, 9.17) is 4.74 Å². The summed E-state index contributed by atoms with van der Waals surface area (Å²) in [6.45, 7) is 17.9. The number of rotatable bonds is 5. The fourth-order valence-electron chi connectivity index (χ4n) is 2.60. The molecule has 0 aliphatic heterocycles. The van der Waals surface area contributed by atoms with Gasteiger partial charge in [-0.15, -0.1) is 0 Å². The topological polar surface area (TPSA) is 26.3 Å². The summed E-state index contributed by atoms with van der Waals surface area (Å²) < 4.78 is 5.75. The van der Waals surface area contributed by atoms with Crippen molar-refractivity contribution in [1.29, 1.82) is 0 Å². The van der Waals surface area contributed by atoms with Crippen molar-refractivity contribution in [2.24, 2.45) is 17.8 Å². The average molecular weight is 226 g/mol. The monoisotopic (exact) mass is 226 g/mol. The minimum Gasteiger partial charge on any atom is -0.455 e. The van der Waals surface area contributed by atoms with Crippen molar-refractivity contribution in [3.8, 4) is 0 Å². The van der Waals surface area contributed by atoms with E-state index in [-0.39, 0.29) is 23.7 Å². The van der Waals surface area contributed by atoms with E-state index >= 15 is 0 Å². The van der Waals surface area contributed by atoms with Crippen molar-refractivity contribution in [2.45, 2.75) is 54.1 Å². The standard InChI is InChI=1S/C14H26O2/c1-9(2)13(15)16-14(10(3)4,11(5)6)12(7)8/h10-12H,1H2,2-8H3. The molecule has 0 fully saturated rings. The maximum absolute atomic E-state index is 11.8. The Labute approximate surface area is 100 Å². The Hall–Kier alpha value is -0.790. The Morgan fingerprint density at radius 3 is 1.50 bits per heavy atom. The summed E-state index contributed by atoms with van der Waals surface area (Å²) in [4.78, 5) is 11.8. The number of carbonyl (C=O) groups is 1. The van der Waals surface area contributed by atoms with Crippen LogP contribution in [0.25, 0.3) is 0 Å². The van der Waals surface area contributed by atoms with Crippen LogP contribution in [0.2, 0.25) is 0 Å². The van der Waals surface area contributed by atoms with Crippen LogP contribution in [0.3, 0.4) is 0 Å². The van der Waals surface area contributed by atoms with Gasteiger partial charge in [0.2, 0.25) is 0 Å². The van der Waals surface area contributed by atoms with Gasteiger partial charge in [-0.2, -0.15) is 0 Å². The maximum Gasteiger partial charge on any atom is 0.333 e. The first-order chi connectivity index (χ1) is 7.16. The zero-order chi connectivity index (χ0) is 13.1. The fourth-order valence-corrected chi connectivity index (χ4v) is 2.60. The summed E-state index contributed by atoms with van der Waals surface area (Å²) in [6, 6.07) is 0. The molecule has 0 aliphatic rings. The summed E-state index contributed by atoms with van der Waals surface area (Å²) >= 11 is 0. The summed E-state index contributed by atoms with van der Waals surface area (Å²) in [7, 11) is 0. The van der Waals surface area contributed by atoms with E-state index in [1.54, 1.807) is 6.92 Å². The van der Waals surface area contributed by atoms with Gasteiger partial charge in [-0.3, -0.25) is 0 Å². The molecule has 0 radical (unpaired) electrons. The van der Waals surface area contributed by atoms with Gasteiger partial charge in [0.1, 0.15) is 5.60 Å². The van der Waals surface area contributed by atoms with Gasteiger partial charge >= 0.3 is 5.97 Å². The Balaban J connectivity index is 5.21. The molecule has 0 rings (SSSR count). The molecule has 0 unspecified atom stereocenters. The molecule has 0 aromatic carbocycles. The molecule has 0 aromatic heterocycles. The van der Waals surface area contributed by atoms with Crippen molar-refractivity contribution >= 4 is 5.97 Å². The highest BCUT2D eigenvalue weighted by Gasteiger charge is 2.43. The first kappa shape index (κ1) is 15.2. The molecular weight excluding hydrogens is 200 g/mol. The molecule has 94 valence electrons. The molecule has 0 N–H and O–H groups in total. The molecule has 0 saturated heterocycles. The van der Waals surface area contributed by atoms with Gasteiger partial charge in [0, 0.05) is 5.57 Å². The molecule has 0 aromatic rings. The van der Waals surface area contributed by atoms with E-state index in [1.165, 1.54) is 0 Å². The summed E-state index contributed by atoms with van der Waals surface area (Å²) in [5, 5.41) is 0. The highest BCUT2D eigenvalue weighted by Crippen LogP contribution is 2.38. The Morgan fingerprint density at radius 2 is 1.31 bits per heavy atom. The highest BCUT2D eigenvalue weighted by molar-refractivity contribution is 5.87. The van der Waals surface area contributed by atoms with Gasteiger partial charge in [0.25, 0.3) is 0 Å². The zero-order valence-corrected chi connectivity index (χ0v) is 11.8. The minimum absolute atomic E-state index is 0.281. The van der Waals surface area contributed by atoms with Crippen molar-refractivity contribution in [2.75, 3.05) is 0 Å². The molecule has 16 heavy (non-hydrogen) atoms. The summed E-state index contributed by atoms with van der Waals surface area (Å²) in [5.41, 5.74) is 0.0575. The predicted molar refractivity (Wildman–Crippen MR) is 68.2 cm³/mol. The van der Waals surface area contributed by atoms with Crippen LogP contribution in [-0.2, 0) is 9.53 Å². The second kappa shape index (κ2) is 5.51. The van der Waals surface area contributed by atoms with Crippen LogP contribution < -0.4 is 0 Å². The lowest BCUT2D eigenvalue weighted by Crippen LogP contribution is -2.49. The third-order valence-corrected chi connectivity index (χ3v) is 3.33. The summed E-state index contributed by atoms with van der Waals surface area (Å²) in [6.07, 6.45) is 0. The molecule has 2 heteroatoms. The average Bonchev–Trinajstić information content (AvgIpc) is 2.11. The first-order valence-electron chi connectivity index (χ1n) is 6.05. The van der Waals surface area contributed by atoms with Crippen molar-refractivity contribution < 1.29 is 9.53 Å². The number of esters is 1. The molecule has 0 aliphatic carbocycles. The van der Waals surface area contributed by atoms with Gasteiger partial charge in [0.05, 0.1) is 0 Å². The largest absolute Gasteiger partial charge is 0.455 e. The molecule has 0 spiro atoms. The molecule has 0 amide bonds. The Kier molecular flexibility index (Phi) is 5.24. The van der Waals surface area contributed by atoms with Crippen molar-refractivity contribution in [3.05, 3.63) is 12.2 Å². The Morgan fingerprint density at radius 1 is 1.00 bits per heavy atom. The Bertz CT molecular complexity index is 240. The number of ether oxygens (including phenoxy) is 1. The van der Waals surface area contributed by atoms with Gasteiger partial charge in [-0.25, -0.2) is 4.79 Å². The van der Waals surface area contributed by atoms with E-state index < -0.39 is 5.60 Å². The SMILES string of the molecule is C=C(C)C(=O)OC(C(C)C)(C(C)C)C(C)C. The number of hydrogen-bond donors (Lipinski definition) is 0. The van der Waals surface area contributed by atoms with E-state index in [9.17, 15) is 4.79 Å². The van der Waals surface area contributed by atoms with Crippen LogP contribution in [0.5, 0.6) is 0 Å². The van der Waals surface area contributed by atoms with Crippen LogP contribution in [0.4, 0.5) is 0 Å². The van der Waals surface area contributed by atoms with E-state index in [1.807, 2.05) is 0 Å². The van der Waals surface area contributed by atoms with Gasteiger partial charge in [-0.05, 0) is 24.7 Å². The maximum atomic E-state index is 11.8. The minimum atomic E-state index is -0.407. The van der Waals surface area contributed by atoms with Crippen LogP contribution in [-0.4, -0.2) is 11.6 Å². The van der Waals surface area contributed by atoms with E-state index in [0.29, 0.717) is 5.57 Å². The smallest absolute Gasteiger partial charge is 0.333 e. The molecular formula is C14H26O2. The third kappa shape index (κ3) is 2.87. The van der Waals surface area contributed by atoms with Gasteiger partial charge in [-0.1, -0.05) is 48.1 Å².